The third-order valence-electron chi connectivity index (χ3n) is 4.92. The first-order valence-corrected chi connectivity index (χ1v) is 8.21. The lowest BCUT2D eigenvalue weighted by Gasteiger charge is -2.28. The number of aromatic nitrogens is 1. The van der Waals surface area contributed by atoms with Gasteiger partial charge in [0.2, 0.25) is 0 Å². The molecule has 5 nitrogen and oxygen atoms in total. The van der Waals surface area contributed by atoms with Crippen LogP contribution in [0.25, 0.3) is 11.1 Å². The number of nitrogens with one attached hydrogen (secondary N) is 2. The smallest absolute Gasteiger partial charge is 0.254 e. The van der Waals surface area contributed by atoms with Crippen molar-refractivity contribution < 1.29 is 12.2 Å². The maximum absolute atomic E-state index is 12.9. The van der Waals surface area contributed by atoms with Gasteiger partial charge in [0.15, 0.2) is 5.54 Å². The molecule has 130 valence electrons. The van der Waals surface area contributed by atoms with E-state index in [4.69, 9.17) is 4.52 Å². The van der Waals surface area contributed by atoms with E-state index in [1.54, 1.807) is 0 Å². The highest BCUT2D eigenvalue weighted by molar-refractivity contribution is 6.08. The molecule has 1 atom stereocenters. The first-order valence-electron chi connectivity index (χ1n) is 8.21. The van der Waals surface area contributed by atoms with Gasteiger partial charge in [0.25, 0.3) is 5.91 Å². The third kappa shape index (κ3) is 2.13. The summed E-state index contributed by atoms with van der Waals surface area (Å²) in [6.45, 7) is 3.82. The number of hydrogen-bond acceptors (Lipinski definition) is 4. The van der Waals surface area contributed by atoms with Crippen molar-refractivity contribution in [3.63, 3.8) is 0 Å². The second kappa shape index (κ2) is 5.57. The number of benzene rings is 2. The quantitative estimate of drug-likeness (QED) is 0.761. The molecule has 1 amide bonds. The summed E-state index contributed by atoms with van der Waals surface area (Å²) < 4.78 is 5.30. The van der Waals surface area contributed by atoms with Crippen LogP contribution in [0.5, 0.6) is 0 Å². The molecule has 0 aliphatic carbocycles. The zero-order valence-corrected chi connectivity index (χ0v) is 14.4. The predicted molar refractivity (Wildman–Crippen MR) is 101 cm³/mol. The number of fused-ring (bicyclic) bond motifs is 1. The van der Waals surface area contributed by atoms with Crippen molar-refractivity contribution in [3.05, 3.63) is 71.1 Å². The molecule has 2 heterocycles. The maximum Gasteiger partial charge on any atom is 0.254 e. The van der Waals surface area contributed by atoms with Crippen molar-refractivity contribution in [3.8, 4) is 11.1 Å². The normalized spacial score (nSPS) is 18.9. The molecule has 1 aromatic heterocycles. The Bertz CT molecular complexity index is 953. The Labute approximate surface area is 149 Å². The molecule has 0 radical (unpaired) electrons. The average molecular weight is 337 g/mol. The lowest BCUT2D eigenvalue weighted by Crippen LogP contribution is -2.47. The molecule has 1 aliphatic heterocycles. The molecule has 1 aliphatic rings. The number of carbonyl (C=O) groups excluding carboxylic acids is 1. The van der Waals surface area contributed by atoms with Gasteiger partial charge in [0.05, 0.1) is 5.69 Å². The number of anilines is 1. The summed E-state index contributed by atoms with van der Waals surface area (Å²) in [5, 5.41) is 10.3. The highest BCUT2D eigenvalue weighted by Crippen LogP contribution is 2.43. The van der Waals surface area contributed by atoms with Gasteiger partial charge in [-0.05, 0) is 44.2 Å². The van der Waals surface area contributed by atoms with E-state index in [9.17, 15) is 4.79 Å². The van der Waals surface area contributed by atoms with Crippen LogP contribution in [0.2, 0.25) is 0 Å². The summed E-state index contributed by atoms with van der Waals surface area (Å²) in [6.07, 6.45) is 0. The maximum atomic E-state index is 12.9. The topological polar surface area (TPSA) is 67.2 Å². The lowest BCUT2D eigenvalue weighted by molar-refractivity contribution is -0.120. The van der Waals surface area contributed by atoms with Crippen LogP contribution >= 0.6 is 0 Å². The zero-order valence-electron chi connectivity index (χ0n) is 14.4. The van der Waals surface area contributed by atoms with Crippen molar-refractivity contribution in [2.24, 2.45) is 0 Å². The average Bonchev–Trinajstić information content (AvgIpc) is 3.11. The number of rotatable bonds is 3. The van der Waals surface area contributed by atoms with Crippen LogP contribution in [0.15, 0.2) is 53.1 Å². The number of likely N-dealkylation sites (N-methyl/N-ethyl adjacent to an activating group) is 1. The van der Waals surface area contributed by atoms with E-state index >= 15 is 0 Å². The van der Waals surface area contributed by atoms with Crippen LogP contribution in [0.3, 0.4) is 0 Å². The first-order chi connectivity index (χ1) is 12.1. The minimum Gasteiger partial charge on any atom is -0.361 e. The Morgan fingerprint density at radius 1 is 1.16 bits per heavy atom. The number of amides is 1. The molecular formula is C20H23N3O2. The molecule has 1 unspecified atom stereocenters. The van der Waals surface area contributed by atoms with Crippen molar-refractivity contribution in [2.75, 3.05) is 12.4 Å². The minimum absolute atomic E-state index is 0. The standard InChI is InChI=1S/C20H19N3O2.2H2/c1-12-18(13(2)25-23-12)14-9-10-17-16(11-14)20(21-3,19(24)22-17)15-7-5-4-6-8-15;;/h4-11,21H,1-3H3,(H,22,24);2*1H. The van der Waals surface area contributed by atoms with E-state index in [0.717, 1.165) is 39.4 Å². The molecule has 25 heavy (non-hydrogen) atoms. The second-order valence-corrected chi connectivity index (χ2v) is 6.28. The van der Waals surface area contributed by atoms with Crippen LogP contribution in [0.4, 0.5) is 5.69 Å². The van der Waals surface area contributed by atoms with E-state index in [0.29, 0.717) is 0 Å². The van der Waals surface area contributed by atoms with Crippen molar-refractivity contribution >= 4 is 11.6 Å². The fourth-order valence-electron chi connectivity index (χ4n) is 3.72. The summed E-state index contributed by atoms with van der Waals surface area (Å²) >= 11 is 0. The fraction of sp³-hybridized carbons (Fsp3) is 0.200. The van der Waals surface area contributed by atoms with Crippen molar-refractivity contribution in [2.45, 2.75) is 19.4 Å². The summed E-state index contributed by atoms with van der Waals surface area (Å²) in [5.74, 6) is 0.691. The number of hydrogen-bond donors (Lipinski definition) is 2. The van der Waals surface area contributed by atoms with Crippen LogP contribution < -0.4 is 10.6 Å². The zero-order chi connectivity index (χ0) is 17.6. The number of nitrogens with zero attached hydrogens (tertiary/aromatic N) is 1. The van der Waals surface area contributed by atoms with Crippen LogP contribution in [0.1, 0.15) is 25.4 Å². The van der Waals surface area contributed by atoms with Gasteiger partial charge in [-0.2, -0.15) is 0 Å². The van der Waals surface area contributed by atoms with Crippen LogP contribution in [0, 0.1) is 13.8 Å². The molecule has 0 saturated heterocycles. The van der Waals surface area contributed by atoms with E-state index in [1.807, 2.05) is 69.4 Å². The van der Waals surface area contributed by atoms with E-state index < -0.39 is 5.54 Å². The van der Waals surface area contributed by atoms with E-state index in [2.05, 4.69) is 15.8 Å². The Morgan fingerprint density at radius 3 is 2.56 bits per heavy atom. The first kappa shape index (κ1) is 15.6. The van der Waals surface area contributed by atoms with Gasteiger partial charge in [-0.25, -0.2) is 0 Å². The summed E-state index contributed by atoms with van der Waals surface area (Å²) in [7, 11) is 1.81. The minimum atomic E-state index is -0.911. The number of carbonyl (C=O) groups is 1. The Balaban J connectivity index is 0.00000131. The molecule has 4 rings (SSSR count). The van der Waals surface area contributed by atoms with Crippen LogP contribution in [-0.4, -0.2) is 18.1 Å². The molecular weight excluding hydrogens is 314 g/mol. The van der Waals surface area contributed by atoms with E-state index in [-0.39, 0.29) is 8.76 Å². The SMILES string of the molecule is CNC1(c2ccccc2)C(=O)Nc2ccc(-c3c(C)noc3C)cc21.[HH].[HH]. The molecule has 0 bridgehead atoms. The molecule has 5 heteroatoms. The predicted octanol–water partition coefficient (Wildman–Crippen LogP) is 3.87. The van der Waals surface area contributed by atoms with Crippen molar-refractivity contribution in [1.82, 2.24) is 10.5 Å². The Kier molecular flexibility index (Phi) is 3.47. The van der Waals surface area contributed by atoms with Crippen molar-refractivity contribution in [1.29, 1.82) is 0 Å². The van der Waals surface area contributed by atoms with Gasteiger partial charge in [0.1, 0.15) is 5.76 Å². The van der Waals surface area contributed by atoms with Gasteiger partial charge in [0, 0.05) is 19.7 Å². The van der Waals surface area contributed by atoms with E-state index in [1.165, 1.54) is 0 Å². The summed E-state index contributed by atoms with van der Waals surface area (Å²) in [6, 6.07) is 15.7. The molecule has 2 aromatic carbocycles. The van der Waals surface area contributed by atoms with Gasteiger partial charge in [-0.3, -0.25) is 10.1 Å². The lowest BCUT2D eigenvalue weighted by atomic mass is 9.83. The summed E-state index contributed by atoms with van der Waals surface area (Å²) in [5.41, 5.74) is 4.52. The Hall–Kier alpha value is -2.92. The Morgan fingerprint density at radius 2 is 1.92 bits per heavy atom. The second-order valence-electron chi connectivity index (χ2n) is 6.28. The highest BCUT2D eigenvalue weighted by atomic mass is 16.5. The molecule has 0 saturated carbocycles. The largest absolute Gasteiger partial charge is 0.361 e. The molecule has 0 fully saturated rings. The number of aryl methyl sites for hydroxylation is 2. The van der Waals surface area contributed by atoms with Gasteiger partial charge in [-0.15, -0.1) is 0 Å². The molecule has 0 spiro atoms. The molecule has 3 aromatic rings. The van der Waals surface area contributed by atoms with Gasteiger partial charge >= 0.3 is 0 Å². The molecule has 2 N–H and O–H groups in total. The third-order valence-corrected chi connectivity index (χ3v) is 4.92. The van der Waals surface area contributed by atoms with Gasteiger partial charge in [-0.1, -0.05) is 41.6 Å². The van der Waals surface area contributed by atoms with Gasteiger partial charge < -0.3 is 9.84 Å². The monoisotopic (exact) mass is 337 g/mol. The summed E-state index contributed by atoms with van der Waals surface area (Å²) in [4.78, 5) is 12.9. The highest BCUT2D eigenvalue weighted by Gasteiger charge is 2.47. The fourth-order valence-corrected chi connectivity index (χ4v) is 3.72. The van der Waals surface area contributed by atoms with Crippen LogP contribution in [-0.2, 0) is 10.3 Å².